The van der Waals surface area contributed by atoms with Crippen molar-refractivity contribution in [1.29, 1.82) is 0 Å². The number of aromatic nitrogens is 1. The number of aldehydes is 1. The van der Waals surface area contributed by atoms with Gasteiger partial charge in [0, 0.05) is 23.3 Å². The number of nitrogens with zero attached hydrogens (tertiary/aromatic N) is 1. The Labute approximate surface area is 168 Å². The number of anilines is 1. The first kappa shape index (κ1) is 20.1. The van der Waals surface area contributed by atoms with Gasteiger partial charge in [0.1, 0.15) is 17.8 Å². The lowest BCUT2D eigenvalue weighted by molar-refractivity contribution is -0.130. The Balaban J connectivity index is 1.84. The van der Waals surface area contributed by atoms with Crippen LogP contribution in [0.25, 0.3) is 10.9 Å². The molecule has 0 saturated carbocycles. The molecule has 1 N–H and O–H groups in total. The molecule has 0 bridgehead atoms. The Morgan fingerprint density at radius 2 is 1.66 bits per heavy atom. The van der Waals surface area contributed by atoms with Crippen molar-refractivity contribution in [3.8, 4) is 23.0 Å². The highest BCUT2D eigenvalue weighted by Gasteiger charge is 2.26. The maximum Gasteiger partial charge on any atom is 0.237 e. The van der Waals surface area contributed by atoms with E-state index in [1.54, 1.807) is 70.7 Å². The van der Waals surface area contributed by atoms with E-state index >= 15 is 0 Å². The van der Waals surface area contributed by atoms with Gasteiger partial charge < -0.3 is 24.3 Å². The van der Waals surface area contributed by atoms with Crippen molar-refractivity contribution in [3.05, 3.63) is 48.7 Å². The summed E-state index contributed by atoms with van der Waals surface area (Å²) in [4.78, 5) is 27.5. The molecule has 3 aromatic rings. The van der Waals surface area contributed by atoms with E-state index in [9.17, 15) is 9.59 Å². The third-order valence-corrected chi connectivity index (χ3v) is 4.43. The highest BCUT2D eigenvalue weighted by Crippen LogP contribution is 2.37. The summed E-state index contributed by atoms with van der Waals surface area (Å²) in [6, 6.07) is 12.2. The lowest BCUT2D eigenvalue weighted by atomic mass is 9.94. The van der Waals surface area contributed by atoms with Crippen LogP contribution in [-0.2, 0) is 9.59 Å². The van der Waals surface area contributed by atoms with Gasteiger partial charge in [0.25, 0.3) is 0 Å². The molecule has 0 unspecified atom stereocenters. The molecular formula is C22H22N2O5. The molecule has 0 atom stereocenters. The Bertz CT molecular complexity index is 1050. The monoisotopic (exact) mass is 394 g/mol. The van der Waals surface area contributed by atoms with Crippen LogP contribution in [0.3, 0.4) is 0 Å². The first-order valence-corrected chi connectivity index (χ1v) is 8.94. The summed E-state index contributed by atoms with van der Waals surface area (Å²) in [5.74, 6) is 1.98. The quantitative estimate of drug-likeness (QED) is 0.477. The molecule has 1 aromatic heterocycles. The average molecular weight is 394 g/mol. The lowest BCUT2D eigenvalue weighted by Crippen LogP contribution is -2.31. The highest BCUT2D eigenvalue weighted by molar-refractivity contribution is 6.04. The first-order chi connectivity index (χ1) is 13.9. The van der Waals surface area contributed by atoms with Gasteiger partial charge in [0.05, 0.1) is 25.2 Å². The molecule has 1 heterocycles. The minimum atomic E-state index is -1.09. The van der Waals surface area contributed by atoms with Gasteiger partial charge in [-0.2, -0.15) is 0 Å². The Morgan fingerprint density at radius 3 is 2.28 bits per heavy atom. The van der Waals surface area contributed by atoms with Crippen molar-refractivity contribution in [2.45, 2.75) is 13.8 Å². The summed E-state index contributed by atoms with van der Waals surface area (Å²) in [5, 5.41) is 3.49. The molecule has 0 spiro atoms. The number of carbonyl (C=O) groups excluding carboxylic acids is 2. The van der Waals surface area contributed by atoms with Crippen molar-refractivity contribution in [2.24, 2.45) is 5.41 Å². The van der Waals surface area contributed by atoms with Crippen LogP contribution >= 0.6 is 0 Å². The molecule has 0 radical (unpaired) electrons. The predicted octanol–water partition coefficient (Wildman–Crippen LogP) is 4.21. The molecule has 2 aromatic carbocycles. The number of methoxy groups -OCH3 is 2. The van der Waals surface area contributed by atoms with Crippen LogP contribution in [0.1, 0.15) is 13.8 Å². The van der Waals surface area contributed by atoms with Gasteiger partial charge in [-0.3, -0.25) is 9.78 Å². The Hall–Kier alpha value is -3.61. The number of hydrogen-bond donors (Lipinski definition) is 1. The second kappa shape index (κ2) is 8.18. The van der Waals surface area contributed by atoms with Crippen LogP contribution in [0.15, 0.2) is 48.7 Å². The fourth-order valence-electron chi connectivity index (χ4n) is 2.62. The number of benzene rings is 2. The van der Waals surface area contributed by atoms with Crippen LogP contribution in [0, 0.1) is 5.41 Å². The van der Waals surface area contributed by atoms with E-state index in [0.29, 0.717) is 40.5 Å². The van der Waals surface area contributed by atoms with Gasteiger partial charge in [-0.05, 0) is 50.2 Å². The molecule has 0 saturated heterocycles. The van der Waals surface area contributed by atoms with Gasteiger partial charge in [0.15, 0.2) is 11.5 Å². The van der Waals surface area contributed by atoms with Crippen molar-refractivity contribution in [2.75, 3.05) is 19.5 Å². The van der Waals surface area contributed by atoms with Crippen molar-refractivity contribution in [1.82, 2.24) is 4.98 Å². The highest BCUT2D eigenvalue weighted by atomic mass is 16.5. The number of amides is 1. The largest absolute Gasteiger partial charge is 0.493 e. The maximum absolute atomic E-state index is 12.1. The summed E-state index contributed by atoms with van der Waals surface area (Å²) in [7, 11) is 3.14. The molecule has 7 heteroatoms. The van der Waals surface area contributed by atoms with Crippen LogP contribution in [0.2, 0.25) is 0 Å². The first-order valence-electron chi connectivity index (χ1n) is 8.94. The molecule has 0 fully saturated rings. The molecule has 3 rings (SSSR count). The van der Waals surface area contributed by atoms with Gasteiger partial charge in [-0.25, -0.2) is 0 Å². The molecular weight excluding hydrogens is 372 g/mol. The number of ether oxygens (including phenoxy) is 3. The van der Waals surface area contributed by atoms with Crippen molar-refractivity contribution < 1.29 is 23.8 Å². The number of rotatable bonds is 7. The number of carbonyl (C=O) groups is 2. The summed E-state index contributed by atoms with van der Waals surface area (Å²) in [6.45, 7) is 3.12. The fourth-order valence-corrected chi connectivity index (χ4v) is 2.62. The normalized spacial score (nSPS) is 11.0. The number of fused-ring (bicyclic) bond motifs is 1. The molecule has 7 nitrogen and oxygen atoms in total. The third kappa shape index (κ3) is 4.29. The Kier molecular flexibility index (Phi) is 5.68. The van der Waals surface area contributed by atoms with Gasteiger partial charge >= 0.3 is 0 Å². The molecule has 1 amide bonds. The topological polar surface area (TPSA) is 86.8 Å². The van der Waals surface area contributed by atoms with E-state index in [2.05, 4.69) is 10.3 Å². The van der Waals surface area contributed by atoms with Crippen LogP contribution in [-0.4, -0.2) is 31.4 Å². The maximum atomic E-state index is 12.1. The second-order valence-electron chi connectivity index (χ2n) is 6.95. The average Bonchev–Trinajstić information content (AvgIpc) is 2.74. The zero-order valence-electron chi connectivity index (χ0n) is 16.7. The summed E-state index contributed by atoms with van der Waals surface area (Å²) >= 11 is 0. The summed E-state index contributed by atoms with van der Waals surface area (Å²) < 4.78 is 16.7. The number of nitrogens with one attached hydrogen (secondary N) is 1. The van der Waals surface area contributed by atoms with Crippen LogP contribution in [0.4, 0.5) is 5.69 Å². The van der Waals surface area contributed by atoms with Crippen molar-refractivity contribution >= 4 is 28.8 Å². The van der Waals surface area contributed by atoms with E-state index in [-0.39, 0.29) is 5.91 Å². The van der Waals surface area contributed by atoms with E-state index in [4.69, 9.17) is 14.2 Å². The van der Waals surface area contributed by atoms with Crippen molar-refractivity contribution in [3.63, 3.8) is 0 Å². The molecule has 0 aliphatic heterocycles. The predicted molar refractivity (Wildman–Crippen MR) is 110 cm³/mol. The van der Waals surface area contributed by atoms with E-state index in [1.807, 2.05) is 6.07 Å². The smallest absolute Gasteiger partial charge is 0.237 e. The summed E-state index contributed by atoms with van der Waals surface area (Å²) in [5.41, 5.74) is 0.189. The SMILES string of the molecule is COc1cc2nccc(Oc3ccc(NC(=O)C(C)(C)C=O)cc3)c2cc1OC. The molecule has 0 aliphatic rings. The Morgan fingerprint density at radius 1 is 1.00 bits per heavy atom. The second-order valence-corrected chi connectivity index (χ2v) is 6.95. The fraction of sp³-hybridized carbons (Fsp3) is 0.227. The molecule has 0 aliphatic carbocycles. The van der Waals surface area contributed by atoms with Gasteiger partial charge in [0.2, 0.25) is 5.91 Å². The minimum absolute atomic E-state index is 0.373. The van der Waals surface area contributed by atoms with E-state index in [0.717, 1.165) is 5.39 Å². The van der Waals surface area contributed by atoms with Gasteiger partial charge in [-0.15, -0.1) is 0 Å². The molecule has 29 heavy (non-hydrogen) atoms. The van der Waals surface area contributed by atoms with Crippen LogP contribution < -0.4 is 19.5 Å². The lowest BCUT2D eigenvalue weighted by Gasteiger charge is -2.16. The van der Waals surface area contributed by atoms with E-state index in [1.165, 1.54) is 0 Å². The zero-order valence-corrected chi connectivity index (χ0v) is 16.7. The van der Waals surface area contributed by atoms with Crippen LogP contribution in [0.5, 0.6) is 23.0 Å². The standard InChI is InChI=1S/C22H22N2O5/c1-22(2,13-25)21(26)24-14-5-7-15(8-6-14)29-18-9-10-23-17-12-20(28-4)19(27-3)11-16(17)18/h5-13H,1-4H3,(H,24,26). The summed E-state index contributed by atoms with van der Waals surface area (Å²) in [6.07, 6.45) is 2.28. The number of hydrogen-bond acceptors (Lipinski definition) is 6. The number of pyridine rings is 1. The third-order valence-electron chi connectivity index (χ3n) is 4.43. The van der Waals surface area contributed by atoms with E-state index < -0.39 is 5.41 Å². The zero-order chi connectivity index (χ0) is 21.0. The molecule has 150 valence electrons. The van der Waals surface area contributed by atoms with Gasteiger partial charge in [-0.1, -0.05) is 0 Å². The minimum Gasteiger partial charge on any atom is -0.493 e.